The number of benzene rings is 1. The van der Waals surface area contributed by atoms with Gasteiger partial charge in [0.2, 0.25) is 11.8 Å². The number of halogens is 1. The lowest BCUT2D eigenvalue weighted by atomic mass is 9.76. The van der Waals surface area contributed by atoms with E-state index in [1.807, 2.05) is 11.0 Å². The van der Waals surface area contributed by atoms with Crippen LogP contribution in [-0.4, -0.2) is 41.3 Å². The van der Waals surface area contributed by atoms with E-state index in [0.29, 0.717) is 24.5 Å². The fourth-order valence-electron chi connectivity index (χ4n) is 5.56. The van der Waals surface area contributed by atoms with Gasteiger partial charge in [0.05, 0.1) is 18.3 Å². The third-order valence-electron chi connectivity index (χ3n) is 7.42. The van der Waals surface area contributed by atoms with E-state index < -0.39 is 11.9 Å². The molecule has 2 heterocycles. The Morgan fingerprint density at radius 2 is 1.86 bits per heavy atom. The van der Waals surface area contributed by atoms with E-state index in [1.54, 1.807) is 31.6 Å². The molecule has 0 radical (unpaired) electrons. The Kier molecular flexibility index (Phi) is 8.33. The van der Waals surface area contributed by atoms with Crippen LogP contribution in [0.4, 0.5) is 4.39 Å². The molecule has 188 valence electrons. The van der Waals surface area contributed by atoms with Crippen LogP contribution in [0.3, 0.4) is 0 Å². The Bertz CT molecular complexity index is 1010. The minimum absolute atomic E-state index is 0.0977. The Morgan fingerprint density at radius 1 is 1.11 bits per heavy atom. The fourth-order valence-corrected chi connectivity index (χ4v) is 5.56. The van der Waals surface area contributed by atoms with Crippen LogP contribution in [-0.2, 0) is 9.59 Å². The maximum atomic E-state index is 14.0. The average Bonchev–Trinajstić information content (AvgIpc) is 3.36. The topological polar surface area (TPSA) is 97.6 Å². The van der Waals surface area contributed by atoms with Crippen molar-refractivity contribution in [2.75, 3.05) is 13.6 Å². The zero-order valence-electron chi connectivity index (χ0n) is 20.3. The van der Waals surface area contributed by atoms with Crippen LogP contribution in [0.5, 0.6) is 11.5 Å². The standard InChI is InChI=1S/C27H35FN4O3/c1-30-24(26(29)33)15-23(18-6-3-2-4-7-18)27(34)32-13-5-8-25(32)19-14-22(17-31-16-19)35-21-11-9-20(28)10-12-21/h9-12,14,16-18,23-25,30H,2-8,13,15H2,1H3,(H2,29,33)/t23-,24-,25-/m0/s1. The molecular formula is C27H35FN4O3. The summed E-state index contributed by atoms with van der Waals surface area (Å²) in [6.45, 7) is 0.677. The second-order valence-corrected chi connectivity index (χ2v) is 9.68. The number of carbonyl (C=O) groups is 2. The lowest BCUT2D eigenvalue weighted by molar-refractivity contribution is -0.139. The largest absolute Gasteiger partial charge is 0.456 e. The van der Waals surface area contributed by atoms with Gasteiger partial charge in [-0.05, 0) is 81.0 Å². The fraction of sp³-hybridized carbons (Fsp3) is 0.519. The molecule has 0 unspecified atom stereocenters. The number of nitrogens with one attached hydrogen (secondary N) is 1. The van der Waals surface area contributed by atoms with E-state index in [4.69, 9.17) is 10.5 Å². The Labute approximate surface area is 206 Å². The molecule has 0 bridgehead atoms. The number of rotatable bonds is 9. The zero-order valence-corrected chi connectivity index (χ0v) is 20.3. The normalized spacial score (nSPS) is 20.4. The van der Waals surface area contributed by atoms with Gasteiger partial charge in [-0.2, -0.15) is 0 Å². The summed E-state index contributed by atoms with van der Waals surface area (Å²) in [6, 6.07) is 7.11. The number of likely N-dealkylation sites (N-methyl/N-ethyl adjacent to an activating group) is 1. The van der Waals surface area contributed by atoms with E-state index in [-0.39, 0.29) is 29.6 Å². The van der Waals surface area contributed by atoms with E-state index >= 15 is 0 Å². The molecule has 2 aromatic rings. The molecular weight excluding hydrogens is 447 g/mol. The molecule has 1 saturated heterocycles. The van der Waals surface area contributed by atoms with E-state index in [9.17, 15) is 14.0 Å². The zero-order chi connectivity index (χ0) is 24.8. The first kappa shape index (κ1) is 25.1. The monoisotopic (exact) mass is 482 g/mol. The second-order valence-electron chi connectivity index (χ2n) is 9.68. The Hall–Kier alpha value is -3.00. The molecule has 2 fully saturated rings. The molecule has 0 spiro atoms. The van der Waals surface area contributed by atoms with Gasteiger partial charge in [0, 0.05) is 18.7 Å². The van der Waals surface area contributed by atoms with Crippen molar-refractivity contribution in [3.8, 4) is 11.5 Å². The molecule has 1 aromatic carbocycles. The predicted octanol–water partition coefficient (Wildman–Crippen LogP) is 4.34. The van der Waals surface area contributed by atoms with Crippen LogP contribution in [0.1, 0.15) is 63.0 Å². The van der Waals surface area contributed by atoms with E-state index in [2.05, 4.69) is 10.3 Å². The van der Waals surface area contributed by atoms with Gasteiger partial charge < -0.3 is 20.7 Å². The summed E-state index contributed by atoms with van der Waals surface area (Å²) in [4.78, 5) is 32.3. The number of aromatic nitrogens is 1. The third-order valence-corrected chi connectivity index (χ3v) is 7.42. The summed E-state index contributed by atoms with van der Waals surface area (Å²) in [5, 5.41) is 3.00. The summed E-state index contributed by atoms with van der Waals surface area (Å²) in [6.07, 6.45) is 11.0. The number of pyridine rings is 1. The molecule has 3 atom stereocenters. The summed E-state index contributed by atoms with van der Waals surface area (Å²) in [5.74, 6) is 0.438. The highest BCUT2D eigenvalue weighted by Gasteiger charge is 2.39. The third kappa shape index (κ3) is 6.17. The van der Waals surface area contributed by atoms with Crippen molar-refractivity contribution in [3.63, 3.8) is 0 Å². The van der Waals surface area contributed by atoms with E-state index in [1.165, 1.54) is 18.6 Å². The first-order valence-corrected chi connectivity index (χ1v) is 12.6. The highest BCUT2D eigenvalue weighted by Crippen LogP contribution is 2.39. The lowest BCUT2D eigenvalue weighted by Crippen LogP contribution is -2.46. The van der Waals surface area contributed by atoms with Gasteiger partial charge in [0.25, 0.3) is 0 Å². The van der Waals surface area contributed by atoms with Gasteiger partial charge in [-0.1, -0.05) is 19.3 Å². The van der Waals surface area contributed by atoms with Crippen molar-refractivity contribution in [3.05, 3.63) is 54.1 Å². The number of hydrogen-bond acceptors (Lipinski definition) is 5. The van der Waals surface area contributed by atoms with Crippen LogP contribution in [0.2, 0.25) is 0 Å². The van der Waals surface area contributed by atoms with Gasteiger partial charge in [-0.25, -0.2) is 4.39 Å². The number of ether oxygens (including phenoxy) is 1. The van der Waals surface area contributed by atoms with Crippen molar-refractivity contribution in [1.82, 2.24) is 15.2 Å². The first-order valence-electron chi connectivity index (χ1n) is 12.6. The summed E-state index contributed by atoms with van der Waals surface area (Å²) in [5.41, 5.74) is 6.53. The molecule has 4 rings (SSSR count). The molecule has 7 nitrogen and oxygen atoms in total. The summed E-state index contributed by atoms with van der Waals surface area (Å²) in [7, 11) is 1.72. The van der Waals surface area contributed by atoms with Crippen molar-refractivity contribution < 1.29 is 18.7 Å². The molecule has 8 heteroatoms. The number of carbonyl (C=O) groups excluding carboxylic acids is 2. The van der Waals surface area contributed by atoms with Crippen molar-refractivity contribution in [1.29, 1.82) is 0 Å². The summed E-state index contributed by atoms with van der Waals surface area (Å²) >= 11 is 0. The number of primary amides is 1. The van der Waals surface area contributed by atoms with Crippen molar-refractivity contribution in [2.45, 2.75) is 63.5 Å². The molecule has 1 aliphatic heterocycles. The number of likely N-dealkylation sites (tertiary alicyclic amines) is 1. The van der Waals surface area contributed by atoms with Gasteiger partial charge in [-0.3, -0.25) is 14.6 Å². The minimum Gasteiger partial charge on any atom is -0.456 e. The smallest absolute Gasteiger partial charge is 0.234 e. The first-order chi connectivity index (χ1) is 17.0. The van der Waals surface area contributed by atoms with Crippen LogP contribution in [0, 0.1) is 17.7 Å². The Balaban J connectivity index is 1.54. The predicted molar refractivity (Wildman–Crippen MR) is 131 cm³/mol. The maximum Gasteiger partial charge on any atom is 0.234 e. The second kappa shape index (κ2) is 11.6. The highest BCUT2D eigenvalue weighted by atomic mass is 19.1. The van der Waals surface area contributed by atoms with Crippen molar-refractivity contribution >= 4 is 11.8 Å². The van der Waals surface area contributed by atoms with Crippen LogP contribution in [0.15, 0.2) is 42.7 Å². The summed E-state index contributed by atoms with van der Waals surface area (Å²) < 4.78 is 19.1. The molecule has 1 saturated carbocycles. The number of nitrogens with zero attached hydrogens (tertiary/aromatic N) is 2. The maximum absolute atomic E-state index is 14.0. The average molecular weight is 483 g/mol. The highest BCUT2D eigenvalue weighted by molar-refractivity contribution is 5.83. The lowest BCUT2D eigenvalue weighted by Gasteiger charge is -2.36. The minimum atomic E-state index is -0.527. The van der Waals surface area contributed by atoms with Gasteiger partial charge in [0.15, 0.2) is 0 Å². The molecule has 35 heavy (non-hydrogen) atoms. The Morgan fingerprint density at radius 3 is 2.54 bits per heavy atom. The van der Waals surface area contributed by atoms with Gasteiger partial charge in [-0.15, -0.1) is 0 Å². The van der Waals surface area contributed by atoms with Crippen LogP contribution in [0.25, 0.3) is 0 Å². The quantitative estimate of drug-likeness (QED) is 0.554. The molecule has 3 N–H and O–H groups in total. The van der Waals surface area contributed by atoms with Gasteiger partial charge >= 0.3 is 0 Å². The van der Waals surface area contributed by atoms with Gasteiger partial charge in [0.1, 0.15) is 17.3 Å². The van der Waals surface area contributed by atoms with Crippen molar-refractivity contribution in [2.24, 2.45) is 17.6 Å². The number of amides is 2. The number of nitrogens with two attached hydrogens (primary N) is 1. The molecule has 1 aromatic heterocycles. The van der Waals surface area contributed by atoms with Crippen LogP contribution >= 0.6 is 0 Å². The number of hydrogen-bond donors (Lipinski definition) is 2. The van der Waals surface area contributed by atoms with Crippen LogP contribution < -0.4 is 15.8 Å². The molecule has 1 aliphatic carbocycles. The van der Waals surface area contributed by atoms with E-state index in [0.717, 1.165) is 44.1 Å². The SMILES string of the molecule is CN[C@@H](C[C@H](C(=O)N1CCC[C@H]1c1cncc(Oc2ccc(F)cc2)c1)C1CCCCC1)C(N)=O. The molecule has 2 amide bonds. The molecule has 2 aliphatic rings.